The molecule has 76 valence electrons. The van der Waals surface area contributed by atoms with Gasteiger partial charge in [0.05, 0.1) is 0 Å². The van der Waals surface area contributed by atoms with E-state index in [2.05, 4.69) is 12.1 Å². The van der Waals surface area contributed by atoms with Gasteiger partial charge in [0.25, 0.3) is 0 Å². The van der Waals surface area contributed by atoms with E-state index in [-0.39, 0.29) is 12.4 Å². The van der Waals surface area contributed by atoms with Gasteiger partial charge in [-0.15, -0.1) is 12.4 Å². The summed E-state index contributed by atoms with van der Waals surface area (Å²) in [6.45, 7) is 0.605. The first kappa shape index (κ1) is 11.6. The maximum Gasteiger partial charge on any atom is 0.0444 e. The van der Waals surface area contributed by atoms with Crippen LogP contribution in [0.1, 0.15) is 17.5 Å². The summed E-state index contributed by atoms with van der Waals surface area (Å²) in [5.74, 6) is 0. The molecule has 0 heterocycles. The molecule has 0 spiro atoms. The molecular weight excluding hydrogens is 217 g/mol. The van der Waals surface area contributed by atoms with Crippen LogP contribution in [-0.2, 0) is 6.42 Å². The van der Waals surface area contributed by atoms with Gasteiger partial charge in [0.15, 0.2) is 0 Å². The van der Waals surface area contributed by atoms with E-state index in [1.807, 2.05) is 12.1 Å². The molecule has 1 aromatic rings. The fourth-order valence-corrected chi connectivity index (χ4v) is 2.08. The largest absolute Gasteiger partial charge is 0.326 e. The first-order valence-electron chi connectivity index (χ1n) is 4.50. The monoisotopic (exact) mass is 229 g/mol. The molecular formula is C11H13Cl2N. The number of nitrogens with two attached hydrogens (primary N) is 1. The molecule has 0 amide bonds. The number of benzene rings is 1. The van der Waals surface area contributed by atoms with Crippen LogP contribution in [0.4, 0.5) is 0 Å². The molecule has 14 heavy (non-hydrogen) atoms. The molecule has 0 atom stereocenters. The van der Waals surface area contributed by atoms with Gasteiger partial charge < -0.3 is 5.73 Å². The van der Waals surface area contributed by atoms with Crippen molar-refractivity contribution in [2.24, 2.45) is 5.73 Å². The summed E-state index contributed by atoms with van der Waals surface area (Å²) in [4.78, 5) is 0. The van der Waals surface area contributed by atoms with Gasteiger partial charge in [-0.2, -0.15) is 0 Å². The SMILES string of the molecule is Cl.NCC1=CCCc2c(Cl)cccc21. The smallest absolute Gasteiger partial charge is 0.0444 e. The Bertz CT molecular complexity index is 358. The van der Waals surface area contributed by atoms with E-state index in [0.717, 1.165) is 17.9 Å². The highest BCUT2D eigenvalue weighted by molar-refractivity contribution is 6.31. The highest BCUT2D eigenvalue weighted by atomic mass is 35.5. The summed E-state index contributed by atoms with van der Waals surface area (Å²) in [5, 5.41) is 0.872. The molecule has 2 N–H and O–H groups in total. The van der Waals surface area contributed by atoms with Gasteiger partial charge in [0.1, 0.15) is 0 Å². The lowest BCUT2D eigenvalue weighted by molar-refractivity contribution is 0.967. The number of fused-ring (bicyclic) bond motifs is 1. The third-order valence-corrected chi connectivity index (χ3v) is 2.82. The van der Waals surface area contributed by atoms with E-state index in [9.17, 15) is 0 Å². The molecule has 1 aromatic carbocycles. The van der Waals surface area contributed by atoms with E-state index in [0.29, 0.717) is 6.54 Å². The molecule has 0 aromatic heterocycles. The number of hydrogen-bond donors (Lipinski definition) is 1. The topological polar surface area (TPSA) is 26.0 Å². The van der Waals surface area contributed by atoms with Gasteiger partial charge in [-0.3, -0.25) is 0 Å². The molecule has 0 unspecified atom stereocenters. The minimum absolute atomic E-state index is 0. The van der Waals surface area contributed by atoms with E-state index in [1.165, 1.54) is 16.7 Å². The van der Waals surface area contributed by atoms with Crippen LogP contribution in [-0.4, -0.2) is 6.54 Å². The van der Waals surface area contributed by atoms with Crippen LogP contribution in [0.5, 0.6) is 0 Å². The molecule has 0 aliphatic heterocycles. The zero-order chi connectivity index (χ0) is 9.26. The van der Waals surface area contributed by atoms with Crippen molar-refractivity contribution in [3.05, 3.63) is 40.4 Å². The second-order valence-corrected chi connectivity index (χ2v) is 3.65. The average Bonchev–Trinajstić information content (AvgIpc) is 2.18. The Labute approximate surface area is 95.4 Å². The molecule has 0 saturated heterocycles. The lowest BCUT2D eigenvalue weighted by Gasteiger charge is -2.17. The Morgan fingerprint density at radius 3 is 2.86 bits per heavy atom. The second-order valence-electron chi connectivity index (χ2n) is 3.24. The van der Waals surface area contributed by atoms with Gasteiger partial charge in [0, 0.05) is 11.6 Å². The maximum atomic E-state index is 6.10. The Morgan fingerprint density at radius 2 is 2.14 bits per heavy atom. The summed E-state index contributed by atoms with van der Waals surface area (Å²) >= 11 is 6.10. The molecule has 1 nitrogen and oxygen atoms in total. The minimum Gasteiger partial charge on any atom is -0.326 e. The van der Waals surface area contributed by atoms with Gasteiger partial charge in [-0.1, -0.05) is 29.8 Å². The lowest BCUT2D eigenvalue weighted by Crippen LogP contribution is -2.08. The number of halogens is 2. The van der Waals surface area contributed by atoms with Crippen molar-refractivity contribution in [2.75, 3.05) is 6.54 Å². The third-order valence-electron chi connectivity index (χ3n) is 2.47. The van der Waals surface area contributed by atoms with Gasteiger partial charge in [-0.25, -0.2) is 0 Å². The normalized spacial score (nSPS) is 14.0. The van der Waals surface area contributed by atoms with Crippen LogP contribution >= 0.6 is 24.0 Å². The summed E-state index contributed by atoms with van der Waals surface area (Å²) in [6, 6.07) is 6.02. The molecule has 0 saturated carbocycles. The Hall–Kier alpha value is -0.500. The van der Waals surface area contributed by atoms with Gasteiger partial charge in [-0.05, 0) is 35.6 Å². The van der Waals surface area contributed by atoms with E-state index >= 15 is 0 Å². The van der Waals surface area contributed by atoms with Crippen molar-refractivity contribution in [2.45, 2.75) is 12.8 Å². The summed E-state index contributed by atoms with van der Waals surface area (Å²) in [6.07, 6.45) is 4.31. The highest BCUT2D eigenvalue weighted by Crippen LogP contribution is 2.30. The van der Waals surface area contributed by atoms with Crippen molar-refractivity contribution in [1.29, 1.82) is 0 Å². The van der Waals surface area contributed by atoms with Crippen molar-refractivity contribution in [3.8, 4) is 0 Å². The van der Waals surface area contributed by atoms with Crippen molar-refractivity contribution < 1.29 is 0 Å². The van der Waals surface area contributed by atoms with E-state index in [1.54, 1.807) is 0 Å². The van der Waals surface area contributed by atoms with Gasteiger partial charge >= 0.3 is 0 Å². The summed E-state index contributed by atoms with van der Waals surface area (Å²) in [7, 11) is 0. The Morgan fingerprint density at radius 1 is 1.36 bits per heavy atom. The van der Waals surface area contributed by atoms with Crippen LogP contribution in [0.3, 0.4) is 0 Å². The number of allylic oxidation sites excluding steroid dienone is 1. The highest BCUT2D eigenvalue weighted by Gasteiger charge is 2.13. The van der Waals surface area contributed by atoms with Crippen molar-refractivity contribution >= 4 is 29.6 Å². The fraction of sp³-hybridized carbons (Fsp3) is 0.273. The number of rotatable bonds is 1. The molecule has 0 bridgehead atoms. The second kappa shape index (κ2) is 4.83. The quantitative estimate of drug-likeness (QED) is 0.788. The molecule has 1 aliphatic carbocycles. The predicted octanol–water partition coefficient (Wildman–Crippen LogP) is 3.05. The van der Waals surface area contributed by atoms with Crippen LogP contribution in [0, 0.1) is 0 Å². The van der Waals surface area contributed by atoms with E-state index < -0.39 is 0 Å². The first-order valence-corrected chi connectivity index (χ1v) is 4.87. The van der Waals surface area contributed by atoms with Crippen LogP contribution in [0.15, 0.2) is 24.3 Å². The lowest BCUT2D eigenvalue weighted by atomic mass is 9.91. The van der Waals surface area contributed by atoms with Crippen molar-refractivity contribution in [1.82, 2.24) is 0 Å². The van der Waals surface area contributed by atoms with Crippen LogP contribution in [0.25, 0.3) is 5.57 Å². The summed E-state index contributed by atoms with van der Waals surface area (Å²) < 4.78 is 0. The minimum atomic E-state index is 0. The maximum absolute atomic E-state index is 6.10. The molecule has 3 heteroatoms. The Balaban J connectivity index is 0.000000980. The zero-order valence-electron chi connectivity index (χ0n) is 7.79. The number of hydrogen-bond acceptors (Lipinski definition) is 1. The third kappa shape index (κ3) is 1.95. The standard InChI is InChI=1S/C11H12ClN.ClH/c12-11-6-2-4-9-8(7-13)3-1-5-10(9)11;/h2-4,6H,1,5,7,13H2;1H. The molecule has 2 rings (SSSR count). The van der Waals surface area contributed by atoms with Crippen LogP contribution in [0.2, 0.25) is 5.02 Å². The van der Waals surface area contributed by atoms with Crippen molar-refractivity contribution in [3.63, 3.8) is 0 Å². The molecule has 1 aliphatic rings. The van der Waals surface area contributed by atoms with E-state index in [4.69, 9.17) is 17.3 Å². The molecule has 0 radical (unpaired) electrons. The summed E-state index contributed by atoms with van der Waals surface area (Å²) in [5.41, 5.74) is 9.38. The first-order chi connectivity index (χ1) is 6.33. The van der Waals surface area contributed by atoms with Crippen LogP contribution < -0.4 is 5.73 Å². The Kier molecular flexibility index (Phi) is 3.99. The predicted molar refractivity (Wildman–Crippen MR) is 64.1 cm³/mol. The van der Waals surface area contributed by atoms with Gasteiger partial charge in [0.2, 0.25) is 0 Å². The fourth-order valence-electron chi connectivity index (χ4n) is 1.81. The zero-order valence-corrected chi connectivity index (χ0v) is 9.37. The average molecular weight is 230 g/mol. The molecule has 0 fully saturated rings.